The van der Waals surface area contributed by atoms with Gasteiger partial charge in [0, 0.05) is 12.3 Å². The Morgan fingerprint density at radius 1 is 1.48 bits per heavy atom. The summed E-state index contributed by atoms with van der Waals surface area (Å²) in [5.41, 5.74) is -3.98. The number of aromatic amines is 1. The smallest absolute Gasteiger partial charge is 0.462 e. The van der Waals surface area contributed by atoms with Crippen LogP contribution >= 0.6 is 8.18 Å². The highest BCUT2D eigenvalue weighted by Crippen LogP contribution is 2.41. The largest absolute Gasteiger partial charge is 0.613 e. The zero-order valence-electron chi connectivity index (χ0n) is 16.3. The third-order valence-corrected chi connectivity index (χ3v) is 5.16. The molecule has 3 N–H and O–H groups in total. The summed E-state index contributed by atoms with van der Waals surface area (Å²) in [6, 6.07) is 0.0875. The van der Waals surface area contributed by atoms with Crippen LogP contribution in [0.5, 0.6) is 0 Å². The number of H-pyrrole nitrogens is 1. The van der Waals surface area contributed by atoms with Gasteiger partial charge in [0.15, 0.2) is 11.9 Å². The summed E-state index contributed by atoms with van der Waals surface area (Å²) in [6.45, 7) is 5.31. The fourth-order valence-electron chi connectivity index (χ4n) is 2.69. The lowest BCUT2D eigenvalue weighted by Gasteiger charge is -2.24. The number of halogens is 1. The van der Waals surface area contributed by atoms with Gasteiger partial charge in [-0.2, -0.15) is 0 Å². The number of ether oxygens (including phenoxy) is 2. The van der Waals surface area contributed by atoms with Gasteiger partial charge in [0.25, 0.3) is 5.56 Å². The van der Waals surface area contributed by atoms with E-state index in [2.05, 4.69) is 5.09 Å². The Bertz CT molecular complexity index is 870. The van der Waals surface area contributed by atoms with Gasteiger partial charge >= 0.3 is 19.8 Å². The monoisotopic (exact) mass is 436 g/mol. The Balaban J connectivity index is 2.00. The molecule has 162 valence electrons. The van der Waals surface area contributed by atoms with Gasteiger partial charge in [-0.05, 0) is 32.3 Å². The molecule has 13 heteroatoms. The number of aliphatic hydroxyl groups is 1. The molecule has 0 aliphatic carbocycles. The molecule has 2 rings (SSSR count). The zero-order chi connectivity index (χ0) is 21.9. The number of nitrogens with zero attached hydrogens (tertiary/aromatic N) is 1. The molecule has 1 aromatic heterocycles. The van der Waals surface area contributed by atoms with Gasteiger partial charge in [-0.3, -0.25) is 19.1 Å². The fraction of sp³-hybridized carbons (Fsp3) is 0.688. The highest BCUT2D eigenvalue weighted by atomic mass is 31.1. The third-order valence-electron chi connectivity index (χ3n) is 4.18. The van der Waals surface area contributed by atoms with E-state index in [4.69, 9.17) is 14.0 Å². The first kappa shape index (κ1) is 23.3. The van der Waals surface area contributed by atoms with Crippen LogP contribution in [0.1, 0.15) is 33.9 Å². The number of carbonyl (C=O) groups excluding carboxylic acids is 1. The van der Waals surface area contributed by atoms with Gasteiger partial charge in [-0.1, -0.05) is 5.09 Å². The van der Waals surface area contributed by atoms with Gasteiger partial charge in [0.1, 0.15) is 24.9 Å². The molecule has 1 aromatic rings. The number of alkyl halides is 1. The molecule has 29 heavy (non-hydrogen) atoms. The number of rotatable bonds is 8. The van der Waals surface area contributed by atoms with E-state index in [1.165, 1.54) is 6.92 Å². The summed E-state index contributed by atoms with van der Waals surface area (Å²) in [5.74, 6) is -0.627. The van der Waals surface area contributed by atoms with E-state index in [0.717, 1.165) is 23.8 Å². The first-order valence-electron chi connectivity index (χ1n) is 8.84. The number of aliphatic hydroxyl groups excluding tert-OH is 1. The zero-order valence-corrected chi connectivity index (χ0v) is 17.2. The van der Waals surface area contributed by atoms with Crippen LogP contribution in [0.2, 0.25) is 0 Å². The predicted octanol–water partition coefficient (Wildman–Crippen LogP) is 0.127. The van der Waals surface area contributed by atoms with Crippen LogP contribution in [0.3, 0.4) is 0 Å². The van der Waals surface area contributed by atoms with E-state index >= 15 is 4.39 Å². The average molecular weight is 436 g/mol. The molecule has 11 nitrogen and oxygen atoms in total. The number of esters is 1. The molecular formula is C16H24FN3O8P+. The highest BCUT2D eigenvalue weighted by Gasteiger charge is 2.56. The lowest BCUT2D eigenvalue weighted by molar-refractivity contribution is -0.149. The van der Waals surface area contributed by atoms with E-state index in [1.807, 2.05) is 4.98 Å². The quantitative estimate of drug-likeness (QED) is 0.382. The Kier molecular flexibility index (Phi) is 7.41. The van der Waals surface area contributed by atoms with Crippen molar-refractivity contribution < 1.29 is 32.9 Å². The average Bonchev–Trinajstić information content (AvgIpc) is 2.82. The second-order valence-electron chi connectivity index (χ2n) is 7.03. The van der Waals surface area contributed by atoms with Crippen LogP contribution in [0, 0.1) is 0 Å². The fourth-order valence-corrected chi connectivity index (χ4v) is 3.46. The molecule has 0 amide bonds. The second-order valence-corrected chi connectivity index (χ2v) is 8.06. The van der Waals surface area contributed by atoms with Crippen molar-refractivity contribution in [3.63, 3.8) is 0 Å². The maximum absolute atomic E-state index is 15.0. The van der Waals surface area contributed by atoms with Crippen LogP contribution in [0.4, 0.5) is 4.39 Å². The van der Waals surface area contributed by atoms with Crippen molar-refractivity contribution in [2.45, 2.75) is 63.9 Å². The van der Waals surface area contributed by atoms with Crippen molar-refractivity contribution in [3.8, 4) is 0 Å². The minimum atomic E-state index is -2.55. The van der Waals surface area contributed by atoms with Gasteiger partial charge in [-0.25, -0.2) is 9.18 Å². The first-order valence-corrected chi connectivity index (χ1v) is 10.0. The molecule has 3 unspecified atom stereocenters. The topological polar surface area (TPSA) is 149 Å². The Morgan fingerprint density at radius 2 is 2.14 bits per heavy atom. The molecule has 0 bridgehead atoms. The van der Waals surface area contributed by atoms with Crippen molar-refractivity contribution in [2.24, 2.45) is 0 Å². The molecule has 6 atom stereocenters. The molecule has 1 aliphatic heterocycles. The Labute approximate surface area is 166 Å². The number of nitrogens with one attached hydrogen (secondary N) is 2. The summed E-state index contributed by atoms with van der Waals surface area (Å²) < 4.78 is 43.2. The van der Waals surface area contributed by atoms with E-state index in [0.29, 0.717) is 0 Å². The van der Waals surface area contributed by atoms with Crippen LogP contribution in [-0.2, 0) is 23.4 Å². The summed E-state index contributed by atoms with van der Waals surface area (Å²) in [4.78, 5) is 36.7. The van der Waals surface area contributed by atoms with Crippen molar-refractivity contribution in [2.75, 3.05) is 6.61 Å². The lowest BCUT2D eigenvalue weighted by Crippen LogP contribution is -2.43. The molecular weight excluding hydrogens is 412 g/mol. The summed E-state index contributed by atoms with van der Waals surface area (Å²) in [6.07, 6.45) is -3.81. The van der Waals surface area contributed by atoms with Crippen molar-refractivity contribution in [1.29, 1.82) is 0 Å². The Morgan fingerprint density at radius 3 is 2.72 bits per heavy atom. The number of hydrogen-bond donors (Lipinski definition) is 3. The summed E-state index contributed by atoms with van der Waals surface area (Å²) >= 11 is 0. The Hall–Kier alpha value is -1.98. The normalized spacial score (nSPS) is 28.4. The molecule has 2 heterocycles. The van der Waals surface area contributed by atoms with Gasteiger partial charge in [-0.15, -0.1) is 4.52 Å². The molecule has 1 saturated heterocycles. The maximum Gasteiger partial charge on any atom is 0.613 e. The van der Waals surface area contributed by atoms with E-state index in [1.54, 1.807) is 13.8 Å². The molecule has 1 aliphatic rings. The van der Waals surface area contributed by atoms with Crippen molar-refractivity contribution in [3.05, 3.63) is 33.1 Å². The van der Waals surface area contributed by atoms with Crippen molar-refractivity contribution >= 4 is 14.1 Å². The van der Waals surface area contributed by atoms with Crippen LogP contribution < -0.4 is 16.3 Å². The predicted molar refractivity (Wildman–Crippen MR) is 98.1 cm³/mol. The number of carbonyl (C=O) groups is 1. The molecule has 0 aromatic carbocycles. The van der Waals surface area contributed by atoms with Gasteiger partial charge < -0.3 is 14.6 Å². The first-order chi connectivity index (χ1) is 13.4. The maximum atomic E-state index is 15.0. The third kappa shape index (κ3) is 5.55. The molecule has 0 saturated carbocycles. The standard InChI is InChI=1S/C16H23FN3O8P/c1-8(2)27-13(23)9(3)19-29(25)26-7-10-12(22)16(4,17)14(28-10)20-6-5-11(21)18-15(20)24/h5-6,8-10,12,14,22H,7H2,1-4H3,(H-,18,19,21,24,25)/p+1/t9-,10?,12-,14+,16?/m0/s1. The second kappa shape index (κ2) is 9.23. The molecule has 1 fully saturated rings. The summed E-state index contributed by atoms with van der Waals surface area (Å²) in [5, 5.41) is 12.6. The van der Waals surface area contributed by atoms with Crippen molar-refractivity contribution in [1.82, 2.24) is 14.6 Å². The van der Waals surface area contributed by atoms with E-state index < -0.39 is 62.2 Å². The minimum Gasteiger partial charge on any atom is -0.462 e. The van der Waals surface area contributed by atoms with Gasteiger partial charge in [0.05, 0.1) is 6.10 Å². The highest BCUT2D eigenvalue weighted by molar-refractivity contribution is 7.36. The summed E-state index contributed by atoms with van der Waals surface area (Å²) in [7, 11) is -2.55. The van der Waals surface area contributed by atoms with Crippen LogP contribution in [0.15, 0.2) is 21.9 Å². The van der Waals surface area contributed by atoms with E-state index in [9.17, 15) is 24.1 Å². The van der Waals surface area contributed by atoms with E-state index in [-0.39, 0.29) is 6.10 Å². The molecule has 0 spiro atoms. The van der Waals surface area contributed by atoms with Crippen LogP contribution in [0.25, 0.3) is 0 Å². The van der Waals surface area contributed by atoms with Gasteiger partial charge in [0.2, 0.25) is 0 Å². The molecule has 0 radical (unpaired) electrons. The number of hydrogen-bond acceptors (Lipinski definition) is 8. The SMILES string of the molecule is CC(C)OC(=O)[C@H](C)N[P+](=O)OCC1O[C@@H](n2ccc(=O)[nH]c2=O)C(C)(F)[C@H]1O. The van der Waals surface area contributed by atoms with Crippen LogP contribution in [-0.4, -0.2) is 57.3 Å². The number of aromatic nitrogens is 2. The minimum absolute atomic E-state index is 0.344. The lowest BCUT2D eigenvalue weighted by atomic mass is 9.98.